The van der Waals surface area contributed by atoms with Crippen LogP contribution in [-0.2, 0) is 4.74 Å². The van der Waals surface area contributed by atoms with Crippen molar-refractivity contribution in [1.82, 2.24) is 9.97 Å². The molecule has 1 aliphatic rings. The number of aliphatic hydroxyl groups excluding tert-OH is 1. The maximum absolute atomic E-state index is 10.4. The van der Waals surface area contributed by atoms with Gasteiger partial charge in [-0.15, -0.1) is 0 Å². The second-order valence-electron chi connectivity index (χ2n) is 5.00. The lowest BCUT2D eigenvalue weighted by Crippen LogP contribution is -2.08. The van der Waals surface area contributed by atoms with Crippen molar-refractivity contribution in [1.29, 1.82) is 0 Å². The largest absolute Gasteiger partial charge is 0.388 e. The molecule has 19 heavy (non-hydrogen) atoms. The van der Waals surface area contributed by atoms with Crippen molar-refractivity contribution in [2.75, 3.05) is 6.61 Å². The van der Waals surface area contributed by atoms with E-state index in [2.05, 4.69) is 9.97 Å². The van der Waals surface area contributed by atoms with E-state index < -0.39 is 6.10 Å². The van der Waals surface area contributed by atoms with Crippen LogP contribution in [0.5, 0.6) is 0 Å². The Kier molecular flexibility index (Phi) is 3.71. The Balaban J connectivity index is 1.75. The van der Waals surface area contributed by atoms with Crippen molar-refractivity contribution in [3.8, 4) is 0 Å². The third-order valence-corrected chi connectivity index (χ3v) is 3.67. The Morgan fingerprint density at radius 2 is 2.21 bits per heavy atom. The molecular weight excluding hydrogens is 240 g/mol. The molecule has 2 atom stereocenters. The lowest BCUT2D eigenvalue weighted by molar-refractivity contribution is 0.0815. The van der Waals surface area contributed by atoms with Gasteiger partial charge in [-0.25, -0.2) is 0 Å². The fourth-order valence-electron chi connectivity index (χ4n) is 2.66. The third-order valence-electron chi connectivity index (χ3n) is 3.67. The zero-order chi connectivity index (χ0) is 13.1. The molecule has 1 fully saturated rings. The molecule has 0 spiro atoms. The number of hydrogen-bond donors (Lipinski definition) is 1. The summed E-state index contributed by atoms with van der Waals surface area (Å²) < 4.78 is 5.59. The van der Waals surface area contributed by atoms with E-state index in [9.17, 15) is 5.11 Å². The molecule has 4 nitrogen and oxygen atoms in total. The smallest absolute Gasteiger partial charge is 0.0944 e. The molecule has 1 aliphatic heterocycles. The molecule has 1 aromatic carbocycles. The van der Waals surface area contributed by atoms with Crippen LogP contribution in [0.2, 0.25) is 0 Å². The molecule has 4 heteroatoms. The number of rotatable bonds is 4. The Morgan fingerprint density at radius 3 is 3.05 bits per heavy atom. The average molecular weight is 258 g/mol. The lowest BCUT2D eigenvalue weighted by atomic mass is 10.0. The summed E-state index contributed by atoms with van der Waals surface area (Å²) >= 11 is 0. The summed E-state index contributed by atoms with van der Waals surface area (Å²) in [7, 11) is 0. The number of nitrogens with zero attached hydrogens (tertiary/aromatic N) is 2. The Labute approximate surface area is 112 Å². The molecule has 0 amide bonds. The first-order valence-electron chi connectivity index (χ1n) is 6.84. The van der Waals surface area contributed by atoms with Crippen LogP contribution >= 0.6 is 0 Å². The first-order valence-corrected chi connectivity index (χ1v) is 6.84. The van der Waals surface area contributed by atoms with Crippen molar-refractivity contribution in [3.63, 3.8) is 0 Å². The number of aliphatic hydroxyl groups is 1. The monoisotopic (exact) mass is 258 g/mol. The standard InChI is InChI=1S/C15H18N2O2/c18-14(7-6-11-3-2-10-19-11)12-4-1-5-13-15(12)17-9-8-16-13/h1,4-5,8-9,11,14,18H,2-3,6-7,10H2. The third kappa shape index (κ3) is 2.74. The number of hydrogen-bond acceptors (Lipinski definition) is 4. The summed E-state index contributed by atoms with van der Waals surface area (Å²) in [5, 5.41) is 10.4. The molecule has 100 valence electrons. The molecule has 0 aliphatic carbocycles. The molecule has 0 bridgehead atoms. The van der Waals surface area contributed by atoms with Crippen LogP contribution in [0, 0.1) is 0 Å². The summed E-state index contributed by atoms with van der Waals surface area (Å²) in [6, 6.07) is 5.76. The zero-order valence-electron chi connectivity index (χ0n) is 10.8. The van der Waals surface area contributed by atoms with Gasteiger partial charge in [-0.05, 0) is 31.7 Å². The maximum atomic E-state index is 10.4. The Morgan fingerprint density at radius 1 is 1.32 bits per heavy atom. The normalized spacial score (nSPS) is 20.8. The number of benzene rings is 1. The molecule has 0 saturated carbocycles. The van der Waals surface area contributed by atoms with Gasteiger partial charge in [0.2, 0.25) is 0 Å². The predicted molar refractivity (Wildman–Crippen MR) is 72.7 cm³/mol. The van der Waals surface area contributed by atoms with Gasteiger partial charge in [0.1, 0.15) is 0 Å². The first kappa shape index (κ1) is 12.5. The van der Waals surface area contributed by atoms with Gasteiger partial charge >= 0.3 is 0 Å². The summed E-state index contributed by atoms with van der Waals surface area (Å²) in [4.78, 5) is 8.59. The second-order valence-corrected chi connectivity index (χ2v) is 5.00. The van der Waals surface area contributed by atoms with Crippen LogP contribution < -0.4 is 0 Å². The SMILES string of the molecule is OC(CCC1CCCO1)c1cccc2nccnc12. The molecule has 0 radical (unpaired) electrons. The maximum Gasteiger partial charge on any atom is 0.0944 e. The highest BCUT2D eigenvalue weighted by Crippen LogP contribution is 2.27. The highest BCUT2D eigenvalue weighted by Gasteiger charge is 2.19. The summed E-state index contributed by atoms with van der Waals surface area (Å²) in [6.07, 6.45) is 7.02. The van der Waals surface area contributed by atoms with Gasteiger partial charge in [0.15, 0.2) is 0 Å². The molecule has 2 aromatic rings. The van der Waals surface area contributed by atoms with E-state index >= 15 is 0 Å². The molecule has 3 rings (SSSR count). The number of ether oxygens (including phenoxy) is 1. The highest BCUT2D eigenvalue weighted by atomic mass is 16.5. The van der Waals surface area contributed by atoms with E-state index in [0.29, 0.717) is 12.5 Å². The molecule has 2 unspecified atom stereocenters. The van der Waals surface area contributed by atoms with E-state index in [1.54, 1.807) is 12.4 Å². The molecular formula is C15H18N2O2. The first-order chi connectivity index (χ1) is 9.34. The van der Waals surface area contributed by atoms with Gasteiger partial charge in [0.25, 0.3) is 0 Å². The Hall–Kier alpha value is -1.52. The fraction of sp³-hybridized carbons (Fsp3) is 0.467. The topological polar surface area (TPSA) is 55.2 Å². The Bertz CT molecular complexity index is 547. The van der Waals surface area contributed by atoms with Crippen molar-refractivity contribution in [2.24, 2.45) is 0 Å². The van der Waals surface area contributed by atoms with Gasteiger partial charge in [-0.2, -0.15) is 0 Å². The van der Waals surface area contributed by atoms with Crippen LogP contribution in [0.1, 0.15) is 37.4 Å². The minimum Gasteiger partial charge on any atom is -0.388 e. The van der Waals surface area contributed by atoms with Crippen molar-refractivity contribution in [3.05, 3.63) is 36.2 Å². The summed E-state index contributed by atoms with van der Waals surface area (Å²) in [5.41, 5.74) is 2.49. The molecule has 1 N–H and O–H groups in total. The van der Waals surface area contributed by atoms with Crippen LogP contribution in [0.25, 0.3) is 11.0 Å². The van der Waals surface area contributed by atoms with Gasteiger partial charge in [0, 0.05) is 24.6 Å². The van der Waals surface area contributed by atoms with E-state index in [1.807, 2.05) is 18.2 Å². The number of fused-ring (bicyclic) bond motifs is 1. The quantitative estimate of drug-likeness (QED) is 0.916. The van der Waals surface area contributed by atoms with Gasteiger partial charge in [0.05, 0.1) is 23.2 Å². The van der Waals surface area contributed by atoms with Gasteiger partial charge < -0.3 is 9.84 Å². The lowest BCUT2D eigenvalue weighted by Gasteiger charge is -2.15. The highest BCUT2D eigenvalue weighted by molar-refractivity contribution is 5.77. The average Bonchev–Trinajstić information content (AvgIpc) is 2.97. The van der Waals surface area contributed by atoms with E-state index in [0.717, 1.165) is 42.5 Å². The molecule has 2 heterocycles. The van der Waals surface area contributed by atoms with Crippen molar-refractivity contribution in [2.45, 2.75) is 37.9 Å². The molecule has 1 saturated heterocycles. The van der Waals surface area contributed by atoms with Gasteiger partial charge in [-0.1, -0.05) is 12.1 Å². The van der Waals surface area contributed by atoms with Gasteiger partial charge in [-0.3, -0.25) is 9.97 Å². The van der Waals surface area contributed by atoms with Crippen molar-refractivity contribution >= 4 is 11.0 Å². The number of para-hydroxylation sites is 1. The van der Waals surface area contributed by atoms with Crippen LogP contribution in [0.15, 0.2) is 30.6 Å². The summed E-state index contributed by atoms with van der Waals surface area (Å²) in [5.74, 6) is 0. The van der Waals surface area contributed by atoms with Crippen molar-refractivity contribution < 1.29 is 9.84 Å². The predicted octanol–water partition coefficient (Wildman–Crippen LogP) is 2.62. The zero-order valence-corrected chi connectivity index (χ0v) is 10.8. The van der Waals surface area contributed by atoms with E-state index in [1.165, 1.54) is 0 Å². The minimum atomic E-state index is -0.496. The minimum absolute atomic E-state index is 0.315. The number of aromatic nitrogens is 2. The van der Waals surface area contributed by atoms with E-state index in [4.69, 9.17) is 4.74 Å². The fourth-order valence-corrected chi connectivity index (χ4v) is 2.66. The van der Waals surface area contributed by atoms with E-state index in [-0.39, 0.29) is 0 Å². The van der Waals surface area contributed by atoms with Crippen LogP contribution in [0.4, 0.5) is 0 Å². The summed E-state index contributed by atoms with van der Waals surface area (Å²) in [6.45, 7) is 0.862. The molecule has 1 aromatic heterocycles. The second kappa shape index (κ2) is 5.63. The van der Waals surface area contributed by atoms with Crippen LogP contribution in [-0.4, -0.2) is 27.8 Å². The van der Waals surface area contributed by atoms with Crippen LogP contribution in [0.3, 0.4) is 0 Å².